The van der Waals surface area contributed by atoms with Crippen molar-refractivity contribution in [2.75, 3.05) is 11.9 Å². The van der Waals surface area contributed by atoms with Crippen LogP contribution in [0.15, 0.2) is 18.3 Å². The van der Waals surface area contributed by atoms with E-state index in [0.717, 1.165) is 31.7 Å². The minimum atomic E-state index is -4.40. The second-order valence-electron chi connectivity index (χ2n) is 5.28. The molecule has 0 aromatic carbocycles. The van der Waals surface area contributed by atoms with Crippen molar-refractivity contribution in [3.8, 4) is 0 Å². The Bertz CT molecular complexity index is 428. The van der Waals surface area contributed by atoms with Crippen LogP contribution in [-0.4, -0.2) is 17.6 Å². The normalized spacial score (nSPS) is 18.8. The fraction of sp³-hybridized carbons (Fsp3) is 0.643. The minimum absolute atomic E-state index is 0.110. The predicted octanol–water partition coefficient (Wildman–Crippen LogP) is 3.42. The summed E-state index contributed by atoms with van der Waals surface area (Å²) in [6, 6.07) is 2.20. The molecule has 1 unspecified atom stereocenters. The third-order valence-electron chi connectivity index (χ3n) is 3.91. The Morgan fingerprint density at radius 3 is 2.60 bits per heavy atom. The summed E-state index contributed by atoms with van der Waals surface area (Å²) in [4.78, 5) is 3.84. The Kier molecular flexibility index (Phi) is 4.86. The van der Waals surface area contributed by atoms with Gasteiger partial charge in [0.2, 0.25) is 0 Å². The minimum Gasteiger partial charge on any atom is -0.365 e. The van der Waals surface area contributed by atoms with Gasteiger partial charge in [0.05, 0.1) is 5.56 Å². The van der Waals surface area contributed by atoms with E-state index in [9.17, 15) is 13.2 Å². The summed E-state index contributed by atoms with van der Waals surface area (Å²) in [6.07, 6.45) is 2.44. The van der Waals surface area contributed by atoms with Crippen LogP contribution in [0, 0.1) is 5.92 Å². The van der Waals surface area contributed by atoms with E-state index in [4.69, 9.17) is 5.73 Å². The summed E-state index contributed by atoms with van der Waals surface area (Å²) in [5.41, 5.74) is 5.01. The van der Waals surface area contributed by atoms with Crippen LogP contribution in [0.4, 0.5) is 19.0 Å². The van der Waals surface area contributed by atoms with E-state index in [-0.39, 0.29) is 11.9 Å². The van der Waals surface area contributed by atoms with Gasteiger partial charge in [-0.1, -0.05) is 19.3 Å². The van der Waals surface area contributed by atoms with E-state index < -0.39 is 11.7 Å². The lowest BCUT2D eigenvalue weighted by molar-refractivity contribution is -0.137. The van der Waals surface area contributed by atoms with Gasteiger partial charge in [0.15, 0.2) is 0 Å². The molecule has 112 valence electrons. The van der Waals surface area contributed by atoms with Gasteiger partial charge in [-0.3, -0.25) is 0 Å². The molecule has 0 amide bonds. The van der Waals surface area contributed by atoms with Crippen LogP contribution in [0.25, 0.3) is 0 Å². The van der Waals surface area contributed by atoms with E-state index in [2.05, 4.69) is 10.3 Å². The van der Waals surface area contributed by atoms with E-state index in [1.165, 1.54) is 18.7 Å². The molecule has 1 heterocycles. The van der Waals surface area contributed by atoms with E-state index in [0.29, 0.717) is 12.5 Å². The topological polar surface area (TPSA) is 50.9 Å². The first-order valence-corrected chi connectivity index (χ1v) is 7.01. The molecule has 0 aliphatic heterocycles. The van der Waals surface area contributed by atoms with Crippen molar-refractivity contribution >= 4 is 5.82 Å². The van der Waals surface area contributed by atoms with Crippen molar-refractivity contribution in [2.24, 2.45) is 11.7 Å². The van der Waals surface area contributed by atoms with Gasteiger partial charge < -0.3 is 11.1 Å². The lowest BCUT2D eigenvalue weighted by atomic mass is 9.84. The van der Waals surface area contributed by atoms with Gasteiger partial charge in [0.25, 0.3) is 0 Å². The SMILES string of the molecule is NCC(Nc1ncccc1C(F)(F)F)C1CCCCC1. The predicted molar refractivity (Wildman–Crippen MR) is 72.3 cm³/mol. The molecule has 6 heteroatoms. The number of rotatable bonds is 4. The van der Waals surface area contributed by atoms with Gasteiger partial charge >= 0.3 is 6.18 Å². The number of nitrogens with zero attached hydrogens (tertiary/aromatic N) is 1. The van der Waals surface area contributed by atoms with E-state index in [1.807, 2.05) is 0 Å². The average Bonchev–Trinajstić information content (AvgIpc) is 2.45. The molecule has 2 rings (SSSR count). The zero-order chi connectivity index (χ0) is 14.6. The molecule has 0 spiro atoms. The summed E-state index contributed by atoms with van der Waals surface area (Å²) >= 11 is 0. The molecule has 0 radical (unpaired) electrons. The number of hydrogen-bond donors (Lipinski definition) is 2. The summed E-state index contributed by atoms with van der Waals surface area (Å²) in [7, 11) is 0. The van der Waals surface area contributed by atoms with Crippen molar-refractivity contribution in [3.63, 3.8) is 0 Å². The van der Waals surface area contributed by atoms with Crippen LogP contribution in [-0.2, 0) is 6.18 Å². The smallest absolute Gasteiger partial charge is 0.365 e. The lowest BCUT2D eigenvalue weighted by Gasteiger charge is -2.31. The summed E-state index contributed by atoms with van der Waals surface area (Å²) in [5.74, 6) is 0.220. The maximum Gasteiger partial charge on any atom is 0.419 e. The largest absolute Gasteiger partial charge is 0.419 e. The molecule has 1 aromatic heterocycles. The lowest BCUT2D eigenvalue weighted by Crippen LogP contribution is -2.38. The highest BCUT2D eigenvalue weighted by Crippen LogP contribution is 2.35. The van der Waals surface area contributed by atoms with E-state index >= 15 is 0 Å². The van der Waals surface area contributed by atoms with Crippen LogP contribution >= 0.6 is 0 Å². The molecule has 20 heavy (non-hydrogen) atoms. The van der Waals surface area contributed by atoms with Crippen LogP contribution in [0.2, 0.25) is 0 Å². The van der Waals surface area contributed by atoms with Gasteiger partial charge in [-0.25, -0.2) is 4.98 Å². The van der Waals surface area contributed by atoms with Gasteiger partial charge in [-0.15, -0.1) is 0 Å². The fourth-order valence-corrected chi connectivity index (χ4v) is 2.83. The average molecular weight is 287 g/mol. The number of alkyl halides is 3. The van der Waals surface area contributed by atoms with Gasteiger partial charge in [-0.05, 0) is 30.9 Å². The number of nitrogens with one attached hydrogen (secondary N) is 1. The number of halogens is 3. The summed E-state index contributed by atoms with van der Waals surface area (Å²) < 4.78 is 38.8. The monoisotopic (exact) mass is 287 g/mol. The quantitative estimate of drug-likeness (QED) is 0.892. The molecule has 1 aliphatic carbocycles. The maximum absolute atomic E-state index is 12.9. The molecule has 3 N–H and O–H groups in total. The molecule has 1 fully saturated rings. The number of nitrogens with two attached hydrogens (primary N) is 1. The zero-order valence-corrected chi connectivity index (χ0v) is 11.3. The molecule has 1 aliphatic rings. The summed E-state index contributed by atoms with van der Waals surface area (Å²) in [5, 5.41) is 2.92. The van der Waals surface area contributed by atoms with Crippen molar-refractivity contribution in [3.05, 3.63) is 23.9 Å². The Morgan fingerprint density at radius 1 is 1.30 bits per heavy atom. The molecular formula is C14H20F3N3. The van der Waals surface area contributed by atoms with Crippen LogP contribution in [0.3, 0.4) is 0 Å². The molecule has 1 saturated carbocycles. The Balaban J connectivity index is 2.15. The van der Waals surface area contributed by atoms with Crippen molar-refractivity contribution in [2.45, 2.75) is 44.3 Å². The third-order valence-corrected chi connectivity index (χ3v) is 3.91. The van der Waals surface area contributed by atoms with Crippen molar-refractivity contribution < 1.29 is 13.2 Å². The third kappa shape index (κ3) is 3.62. The van der Waals surface area contributed by atoms with Crippen molar-refractivity contribution in [1.82, 2.24) is 4.98 Å². The molecule has 1 atom stereocenters. The Hall–Kier alpha value is -1.30. The van der Waals surface area contributed by atoms with E-state index in [1.54, 1.807) is 0 Å². The van der Waals surface area contributed by atoms with Crippen LogP contribution in [0.1, 0.15) is 37.7 Å². The second-order valence-corrected chi connectivity index (χ2v) is 5.28. The zero-order valence-electron chi connectivity index (χ0n) is 11.3. The van der Waals surface area contributed by atoms with Gasteiger partial charge in [-0.2, -0.15) is 13.2 Å². The fourth-order valence-electron chi connectivity index (χ4n) is 2.83. The number of pyridine rings is 1. The first kappa shape index (κ1) is 15.1. The van der Waals surface area contributed by atoms with Gasteiger partial charge in [0.1, 0.15) is 5.82 Å². The van der Waals surface area contributed by atoms with Crippen molar-refractivity contribution in [1.29, 1.82) is 0 Å². The van der Waals surface area contributed by atoms with Crippen LogP contribution < -0.4 is 11.1 Å². The molecule has 3 nitrogen and oxygen atoms in total. The summed E-state index contributed by atoms with van der Waals surface area (Å²) in [6.45, 7) is 0.318. The van der Waals surface area contributed by atoms with Crippen LogP contribution in [0.5, 0.6) is 0 Å². The highest BCUT2D eigenvalue weighted by Gasteiger charge is 2.35. The Morgan fingerprint density at radius 2 is 2.00 bits per heavy atom. The molecule has 0 bridgehead atoms. The standard InChI is InChI=1S/C14H20F3N3/c15-14(16,17)11-7-4-8-19-13(11)20-12(9-18)10-5-2-1-3-6-10/h4,7-8,10,12H,1-3,5-6,9,18H2,(H,19,20). The number of anilines is 1. The number of hydrogen-bond acceptors (Lipinski definition) is 3. The first-order chi connectivity index (χ1) is 9.52. The molecular weight excluding hydrogens is 267 g/mol. The molecule has 0 saturated heterocycles. The number of aromatic nitrogens is 1. The highest BCUT2D eigenvalue weighted by molar-refractivity contribution is 5.46. The second kappa shape index (κ2) is 6.43. The first-order valence-electron chi connectivity index (χ1n) is 7.01. The molecule has 1 aromatic rings. The van der Waals surface area contributed by atoms with Gasteiger partial charge in [0, 0.05) is 18.8 Å². The Labute approximate surface area is 116 Å². The highest BCUT2D eigenvalue weighted by atomic mass is 19.4. The maximum atomic E-state index is 12.9.